The van der Waals surface area contributed by atoms with Gasteiger partial charge in [0.25, 0.3) is 0 Å². The SMILES string of the molecule is CC1CCCCN1CCCNC(=O)CC1CC2CCC(C1)N2.Cl.Cl. The molecule has 2 bridgehead atoms. The zero-order valence-corrected chi connectivity index (χ0v) is 16.6. The molecule has 3 fully saturated rings. The molecule has 3 heterocycles. The van der Waals surface area contributed by atoms with Crippen LogP contribution in [0.25, 0.3) is 0 Å². The highest BCUT2D eigenvalue weighted by Crippen LogP contribution is 2.32. The fraction of sp³-hybridized carbons (Fsp3) is 0.944. The summed E-state index contributed by atoms with van der Waals surface area (Å²) in [5, 5.41) is 6.80. The minimum absolute atomic E-state index is 0. The van der Waals surface area contributed by atoms with Crippen LogP contribution in [0.15, 0.2) is 0 Å². The van der Waals surface area contributed by atoms with E-state index >= 15 is 0 Å². The van der Waals surface area contributed by atoms with Gasteiger partial charge in [0.2, 0.25) is 5.91 Å². The summed E-state index contributed by atoms with van der Waals surface area (Å²) in [6, 6.07) is 2.11. The third-order valence-corrected chi connectivity index (χ3v) is 5.93. The number of rotatable bonds is 6. The van der Waals surface area contributed by atoms with E-state index in [1.165, 1.54) is 51.5 Å². The second kappa shape index (κ2) is 10.8. The number of nitrogens with zero attached hydrogens (tertiary/aromatic N) is 1. The van der Waals surface area contributed by atoms with Crippen LogP contribution in [0, 0.1) is 5.92 Å². The van der Waals surface area contributed by atoms with Crippen molar-refractivity contribution in [3.05, 3.63) is 0 Å². The van der Waals surface area contributed by atoms with Crippen molar-refractivity contribution in [3.63, 3.8) is 0 Å². The maximum atomic E-state index is 12.1. The fourth-order valence-electron chi connectivity index (χ4n) is 4.68. The first kappa shape index (κ1) is 22.0. The van der Waals surface area contributed by atoms with Crippen molar-refractivity contribution in [2.24, 2.45) is 5.92 Å². The van der Waals surface area contributed by atoms with Crippen molar-refractivity contribution in [3.8, 4) is 0 Å². The number of hydrogen-bond donors (Lipinski definition) is 2. The first-order valence-corrected chi connectivity index (χ1v) is 9.47. The smallest absolute Gasteiger partial charge is 0.220 e. The number of likely N-dealkylation sites (tertiary alicyclic amines) is 1. The molecule has 0 saturated carbocycles. The van der Waals surface area contributed by atoms with Crippen LogP contribution in [0.5, 0.6) is 0 Å². The van der Waals surface area contributed by atoms with Gasteiger partial charge in [0.05, 0.1) is 0 Å². The Morgan fingerprint density at radius 1 is 1.12 bits per heavy atom. The summed E-state index contributed by atoms with van der Waals surface area (Å²) < 4.78 is 0. The van der Waals surface area contributed by atoms with E-state index in [9.17, 15) is 4.79 Å². The minimum atomic E-state index is 0. The predicted molar refractivity (Wildman–Crippen MR) is 104 cm³/mol. The van der Waals surface area contributed by atoms with Gasteiger partial charge in [-0.15, -0.1) is 24.8 Å². The van der Waals surface area contributed by atoms with Gasteiger partial charge in [-0.25, -0.2) is 0 Å². The predicted octanol–water partition coefficient (Wildman–Crippen LogP) is 3.13. The lowest BCUT2D eigenvalue weighted by Gasteiger charge is -2.33. The van der Waals surface area contributed by atoms with Crippen molar-refractivity contribution in [1.82, 2.24) is 15.5 Å². The largest absolute Gasteiger partial charge is 0.356 e. The highest BCUT2D eigenvalue weighted by molar-refractivity contribution is 5.85. The Morgan fingerprint density at radius 2 is 1.83 bits per heavy atom. The Balaban J connectivity index is 0.00000144. The zero-order valence-electron chi connectivity index (χ0n) is 15.0. The molecule has 3 aliphatic rings. The van der Waals surface area contributed by atoms with E-state index in [1.807, 2.05) is 0 Å². The van der Waals surface area contributed by atoms with Crippen LogP contribution in [-0.2, 0) is 4.79 Å². The van der Waals surface area contributed by atoms with Crippen molar-refractivity contribution in [2.75, 3.05) is 19.6 Å². The fourth-order valence-corrected chi connectivity index (χ4v) is 4.68. The van der Waals surface area contributed by atoms with Gasteiger partial charge < -0.3 is 15.5 Å². The highest BCUT2D eigenvalue weighted by Gasteiger charge is 2.34. The first-order valence-electron chi connectivity index (χ1n) is 9.47. The number of carbonyl (C=O) groups is 1. The summed E-state index contributed by atoms with van der Waals surface area (Å²) in [4.78, 5) is 14.7. The monoisotopic (exact) mass is 379 g/mol. The molecular formula is C18H35Cl2N3O. The highest BCUT2D eigenvalue weighted by atomic mass is 35.5. The standard InChI is InChI=1S/C18H33N3O.2ClH/c1-14-5-2-3-9-21(14)10-4-8-19-18(22)13-15-11-16-6-7-17(12-15)20-16;;/h14-17,20H,2-13H2,1H3,(H,19,22);2*1H. The molecule has 0 aromatic carbocycles. The molecule has 142 valence electrons. The van der Waals surface area contributed by atoms with E-state index in [2.05, 4.69) is 22.5 Å². The van der Waals surface area contributed by atoms with Gasteiger partial charge in [-0.05, 0) is 64.3 Å². The van der Waals surface area contributed by atoms with Crippen molar-refractivity contribution >= 4 is 30.7 Å². The molecule has 0 radical (unpaired) electrons. The Morgan fingerprint density at radius 3 is 2.50 bits per heavy atom. The van der Waals surface area contributed by atoms with Crippen LogP contribution in [0.4, 0.5) is 0 Å². The van der Waals surface area contributed by atoms with E-state index in [-0.39, 0.29) is 30.7 Å². The van der Waals surface area contributed by atoms with Gasteiger partial charge >= 0.3 is 0 Å². The van der Waals surface area contributed by atoms with Crippen LogP contribution < -0.4 is 10.6 Å². The minimum Gasteiger partial charge on any atom is -0.356 e. The summed E-state index contributed by atoms with van der Waals surface area (Å²) in [7, 11) is 0. The lowest BCUT2D eigenvalue weighted by atomic mass is 9.89. The summed E-state index contributed by atoms with van der Waals surface area (Å²) in [5.41, 5.74) is 0. The third kappa shape index (κ3) is 6.36. The summed E-state index contributed by atoms with van der Waals surface area (Å²) in [6.07, 6.45) is 10.9. The topological polar surface area (TPSA) is 44.4 Å². The van der Waals surface area contributed by atoms with Crippen LogP contribution >= 0.6 is 24.8 Å². The summed E-state index contributed by atoms with van der Waals surface area (Å²) in [6.45, 7) is 5.56. The molecule has 3 saturated heterocycles. The molecule has 1 amide bonds. The van der Waals surface area contributed by atoms with Gasteiger partial charge in [0.1, 0.15) is 0 Å². The van der Waals surface area contributed by atoms with Crippen LogP contribution in [0.2, 0.25) is 0 Å². The maximum Gasteiger partial charge on any atom is 0.220 e. The van der Waals surface area contributed by atoms with E-state index in [0.717, 1.165) is 32.0 Å². The van der Waals surface area contributed by atoms with Crippen molar-refractivity contribution in [2.45, 2.75) is 82.8 Å². The van der Waals surface area contributed by atoms with Crippen molar-refractivity contribution in [1.29, 1.82) is 0 Å². The van der Waals surface area contributed by atoms with Crippen LogP contribution in [-0.4, -0.2) is 48.6 Å². The third-order valence-electron chi connectivity index (χ3n) is 5.93. The van der Waals surface area contributed by atoms with Gasteiger partial charge in [-0.2, -0.15) is 0 Å². The lowest BCUT2D eigenvalue weighted by Crippen LogP contribution is -2.40. The van der Waals surface area contributed by atoms with Gasteiger partial charge in [0.15, 0.2) is 0 Å². The quantitative estimate of drug-likeness (QED) is 0.696. The molecule has 24 heavy (non-hydrogen) atoms. The van der Waals surface area contributed by atoms with Gasteiger partial charge in [0, 0.05) is 37.6 Å². The average Bonchev–Trinajstić information content (AvgIpc) is 2.84. The Hall–Kier alpha value is -0.0300. The van der Waals surface area contributed by atoms with E-state index in [4.69, 9.17) is 0 Å². The van der Waals surface area contributed by atoms with Gasteiger partial charge in [-0.1, -0.05) is 6.42 Å². The molecule has 0 aromatic rings. The summed E-state index contributed by atoms with van der Waals surface area (Å²) >= 11 is 0. The summed E-state index contributed by atoms with van der Waals surface area (Å²) in [5.74, 6) is 0.888. The van der Waals surface area contributed by atoms with Crippen molar-refractivity contribution < 1.29 is 4.79 Å². The number of amides is 1. The maximum absolute atomic E-state index is 12.1. The first-order chi connectivity index (χ1) is 10.7. The Kier molecular flexibility index (Phi) is 9.95. The number of fused-ring (bicyclic) bond motifs is 2. The van der Waals surface area contributed by atoms with E-state index < -0.39 is 0 Å². The number of halogens is 2. The molecule has 3 aliphatic heterocycles. The molecule has 0 aromatic heterocycles. The molecule has 2 N–H and O–H groups in total. The van der Waals surface area contributed by atoms with Crippen LogP contribution in [0.1, 0.15) is 64.7 Å². The number of nitrogens with one attached hydrogen (secondary N) is 2. The molecule has 3 atom stereocenters. The normalized spacial score (nSPS) is 32.5. The van der Waals surface area contributed by atoms with E-state index in [1.54, 1.807) is 0 Å². The average molecular weight is 380 g/mol. The lowest BCUT2D eigenvalue weighted by molar-refractivity contribution is -0.122. The van der Waals surface area contributed by atoms with E-state index in [0.29, 0.717) is 18.0 Å². The second-order valence-electron chi connectivity index (χ2n) is 7.76. The molecule has 0 spiro atoms. The molecule has 6 heteroatoms. The zero-order chi connectivity index (χ0) is 15.4. The Bertz CT molecular complexity index is 371. The number of hydrogen-bond acceptors (Lipinski definition) is 3. The van der Waals surface area contributed by atoms with Gasteiger partial charge in [-0.3, -0.25) is 4.79 Å². The number of carbonyl (C=O) groups excluding carboxylic acids is 1. The molecule has 3 rings (SSSR count). The molecule has 4 nitrogen and oxygen atoms in total. The molecular weight excluding hydrogens is 345 g/mol. The molecule has 0 aliphatic carbocycles. The van der Waals surface area contributed by atoms with Crippen LogP contribution in [0.3, 0.4) is 0 Å². The Labute approximate surface area is 159 Å². The molecule has 3 unspecified atom stereocenters. The second-order valence-corrected chi connectivity index (χ2v) is 7.76. The number of piperidine rings is 2.